The molecule has 2 heterocycles. The predicted octanol–water partition coefficient (Wildman–Crippen LogP) is 3.64. The van der Waals surface area contributed by atoms with Crippen molar-refractivity contribution >= 4 is 46.7 Å². The number of hydrogen-bond donors (Lipinski definition) is 1. The average molecular weight is 453 g/mol. The number of amides is 1. The Kier molecular flexibility index (Phi) is 9.75. The smallest absolute Gasteiger partial charge is 0.239 e. The van der Waals surface area contributed by atoms with E-state index in [0.717, 1.165) is 43.6 Å². The van der Waals surface area contributed by atoms with Crippen LogP contribution in [0.2, 0.25) is 0 Å². The van der Waals surface area contributed by atoms with Crippen LogP contribution in [0.4, 0.5) is 0 Å². The lowest BCUT2D eigenvalue weighted by Crippen LogP contribution is -2.55. The van der Waals surface area contributed by atoms with Gasteiger partial charge in [-0.3, -0.25) is 9.69 Å². The zero-order valence-electron chi connectivity index (χ0n) is 14.6. The summed E-state index contributed by atoms with van der Waals surface area (Å²) < 4.78 is 1.11. The van der Waals surface area contributed by atoms with Gasteiger partial charge in [-0.25, -0.2) is 0 Å². The Hall–Kier alpha value is -0.330. The minimum atomic E-state index is 0. The fourth-order valence-corrected chi connectivity index (χ4v) is 3.83. The first-order chi connectivity index (χ1) is 11.1. The van der Waals surface area contributed by atoms with Crippen molar-refractivity contribution in [3.63, 3.8) is 0 Å². The molecule has 142 valence electrons. The second kappa shape index (κ2) is 10.7. The summed E-state index contributed by atoms with van der Waals surface area (Å²) in [5.41, 5.74) is 1.34. The van der Waals surface area contributed by atoms with Crippen LogP contribution < -0.4 is 5.32 Å². The fraction of sp³-hybridized carbons (Fsp3) is 0.611. The number of nitrogens with zero attached hydrogens (tertiary/aromatic N) is 2. The minimum absolute atomic E-state index is 0. The summed E-state index contributed by atoms with van der Waals surface area (Å²) in [5, 5.41) is 3.37. The van der Waals surface area contributed by atoms with Crippen LogP contribution in [0.15, 0.2) is 28.7 Å². The summed E-state index contributed by atoms with van der Waals surface area (Å²) in [6.45, 7) is 6.83. The van der Waals surface area contributed by atoms with Crippen molar-refractivity contribution in [2.45, 2.75) is 38.3 Å². The van der Waals surface area contributed by atoms with E-state index in [1.54, 1.807) is 0 Å². The van der Waals surface area contributed by atoms with E-state index in [2.05, 4.69) is 57.3 Å². The number of halogens is 3. The predicted molar refractivity (Wildman–Crippen MR) is 111 cm³/mol. The molecule has 1 unspecified atom stereocenters. The summed E-state index contributed by atoms with van der Waals surface area (Å²) in [5.74, 6) is 0.306. The molecule has 2 aliphatic rings. The van der Waals surface area contributed by atoms with Crippen molar-refractivity contribution in [1.82, 2.24) is 15.1 Å². The van der Waals surface area contributed by atoms with E-state index < -0.39 is 0 Å². The number of hydrogen-bond acceptors (Lipinski definition) is 3. The molecule has 4 nitrogen and oxygen atoms in total. The van der Waals surface area contributed by atoms with E-state index in [1.807, 2.05) is 4.90 Å². The molecular formula is C18H28BrCl2N3O. The van der Waals surface area contributed by atoms with Crippen molar-refractivity contribution in [3.05, 3.63) is 34.3 Å². The van der Waals surface area contributed by atoms with E-state index in [9.17, 15) is 4.79 Å². The molecule has 0 aromatic heterocycles. The fourth-order valence-electron chi connectivity index (χ4n) is 3.56. The molecule has 1 aromatic rings. The van der Waals surface area contributed by atoms with Gasteiger partial charge in [0.25, 0.3) is 0 Å². The van der Waals surface area contributed by atoms with Crippen LogP contribution in [-0.4, -0.2) is 54.5 Å². The Morgan fingerprint density at radius 2 is 1.76 bits per heavy atom. The molecule has 0 saturated carbocycles. The van der Waals surface area contributed by atoms with E-state index in [1.165, 1.54) is 18.4 Å². The van der Waals surface area contributed by atoms with Crippen molar-refractivity contribution < 1.29 is 4.79 Å². The first-order valence-electron chi connectivity index (χ1n) is 8.67. The van der Waals surface area contributed by atoms with Crippen molar-refractivity contribution in [3.8, 4) is 0 Å². The third-order valence-electron chi connectivity index (χ3n) is 5.13. The number of rotatable bonds is 3. The highest BCUT2D eigenvalue weighted by Gasteiger charge is 2.29. The highest BCUT2D eigenvalue weighted by molar-refractivity contribution is 9.10. The molecule has 3 rings (SSSR count). The monoisotopic (exact) mass is 451 g/mol. The molecule has 1 aromatic carbocycles. The van der Waals surface area contributed by atoms with Gasteiger partial charge in [-0.1, -0.05) is 34.5 Å². The Balaban J connectivity index is 0.00000156. The number of piperazine rings is 1. The second-order valence-electron chi connectivity index (χ2n) is 6.59. The molecule has 2 aliphatic heterocycles. The molecule has 0 aliphatic carbocycles. The van der Waals surface area contributed by atoms with Crippen molar-refractivity contribution in [1.29, 1.82) is 0 Å². The van der Waals surface area contributed by atoms with Gasteiger partial charge in [0.2, 0.25) is 5.91 Å². The normalized spacial score (nSPS) is 22.5. The molecule has 0 radical (unpaired) electrons. The van der Waals surface area contributed by atoms with Gasteiger partial charge in [0.05, 0.1) is 6.04 Å². The highest BCUT2D eigenvalue weighted by Crippen LogP contribution is 2.23. The zero-order chi connectivity index (χ0) is 16.2. The number of benzene rings is 1. The standard InChI is InChI=1S/C18H26BrN3O.2ClH/c1-14(15-5-7-16(19)8-6-15)21-10-12-22(13-11-21)18(23)17-4-2-3-9-20-17;;/h5-8,14,17,20H,2-4,9-13H2,1H3;2*1H/t14?,17-;;/m1../s1. The minimum Gasteiger partial charge on any atom is -0.339 e. The Morgan fingerprint density at radius 1 is 1.12 bits per heavy atom. The van der Waals surface area contributed by atoms with Gasteiger partial charge in [0.1, 0.15) is 0 Å². The summed E-state index contributed by atoms with van der Waals surface area (Å²) >= 11 is 3.49. The molecule has 2 saturated heterocycles. The molecular weight excluding hydrogens is 425 g/mol. The third-order valence-corrected chi connectivity index (χ3v) is 5.66. The number of piperidine rings is 1. The van der Waals surface area contributed by atoms with Gasteiger partial charge < -0.3 is 10.2 Å². The molecule has 7 heteroatoms. The van der Waals surface area contributed by atoms with Crippen LogP contribution in [0.3, 0.4) is 0 Å². The molecule has 2 atom stereocenters. The van der Waals surface area contributed by atoms with E-state index >= 15 is 0 Å². The maximum atomic E-state index is 12.6. The van der Waals surface area contributed by atoms with Crippen LogP contribution in [-0.2, 0) is 4.79 Å². The average Bonchev–Trinajstić information content (AvgIpc) is 2.62. The molecule has 25 heavy (non-hydrogen) atoms. The topological polar surface area (TPSA) is 35.6 Å². The Labute approximate surface area is 171 Å². The maximum Gasteiger partial charge on any atom is 0.239 e. The lowest BCUT2D eigenvalue weighted by Gasteiger charge is -2.40. The van der Waals surface area contributed by atoms with Crippen LogP contribution in [0.25, 0.3) is 0 Å². The quantitative estimate of drug-likeness (QED) is 0.760. The first kappa shape index (κ1) is 22.7. The molecule has 0 bridgehead atoms. The first-order valence-corrected chi connectivity index (χ1v) is 9.46. The van der Waals surface area contributed by atoms with Gasteiger partial charge in [0.15, 0.2) is 0 Å². The third kappa shape index (κ3) is 5.83. The summed E-state index contributed by atoms with van der Waals surface area (Å²) in [6, 6.07) is 9.00. The molecule has 0 spiro atoms. The number of carbonyl (C=O) groups excluding carboxylic acids is 1. The lowest BCUT2D eigenvalue weighted by atomic mass is 10.0. The van der Waals surface area contributed by atoms with Crippen LogP contribution in [0, 0.1) is 0 Å². The van der Waals surface area contributed by atoms with E-state index in [0.29, 0.717) is 11.9 Å². The Bertz CT molecular complexity index is 530. The van der Waals surface area contributed by atoms with Crippen LogP contribution in [0.1, 0.15) is 37.8 Å². The Morgan fingerprint density at radius 3 is 2.32 bits per heavy atom. The van der Waals surface area contributed by atoms with Crippen LogP contribution >= 0.6 is 40.7 Å². The van der Waals surface area contributed by atoms with E-state index in [-0.39, 0.29) is 30.9 Å². The number of nitrogens with one attached hydrogen (secondary N) is 1. The lowest BCUT2D eigenvalue weighted by molar-refractivity contribution is -0.136. The van der Waals surface area contributed by atoms with Gasteiger partial charge >= 0.3 is 0 Å². The SMILES string of the molecule is CC(c1ccc(Br)cc1)N1CCN(C(=O)[C@H]2CCCCN2)CC1.Cl.Cl. The van der Waals surface area contributed by atoms with E-state index in [4.69, 9.17) is 0 Å². The second-order valence-corrected chi connectivity index (χ2v) is 7.51. The summed E-state index contributed by atoms with van der Waals surface area (Å²) in [6.07, 6.45) is 3.36. The zero-order valence-corrected chi connectivity index (χ0v) is 17.8. The molecule has 2 fully saturated rings. The maximum absolute atomic E-state index is 12.6. The van der Waals surface area contributed by atoms with Crippen molar-refractivity contribution in [2.24, 2.45) is 0 Å². The van der Waals surface area contributed by atoms with Crippen molar-refractivity contribution in [2.75, 3.05) is 32.7 Å². The highest BCUT2D eigenvalue weighted by atomic mass is 79.9. The van der Waals surface area contributed by atoms with Gasteiger partial charge in [-0.05, 0) is 44.0 Å². The van der Waals surface area contributed by atoms with Gasteiger partial charge in [0, 0.05) is 36.7 Å². The number of carbonyl (C=O) groups is 1. The molecule has 1 N–H and O–H groups in total. The van der Waals surface area contributed by atoms with Gasteiger partial charge in [-0.15, -0.1) is 24.8 Å². The largest absolute Gasteiger partial charge is 0.339 e. The van der Waals surface area contributed by atoms with Gasteiger partial charge in [-0.2, -0.15) is 0 Å². The van der Waals surface area contributed by atoms with Crippen LogP contribution in [0.5, 0.6) is 0 Å². The molecule has 1 amide bonds. The summed E-state index contributed by atoms with van der Waals surface area (Å²) in [7, 11) is 0. The summed E-state index contributed by atoms with van der Waals surface area (Å²) in [4.78, 5) is 17.1.